The summed E-state index contributed by atoms with van der Waals surface area (Å²) in [5, 5.41) is 0. The van der Waals surface area contributed by atoms with Crippen molar-refractivity contribution in [3.05, 3.63) is 59.4 Å². The van der Waals surface area contributed by atoms with Crippen LogP contribution < -0.4 is 15.8 Å². The summed E-state index contributed by atoms with van der Waals surface area (Å²) in [7, 11) is -3.40. The van der Waals surface area contributed by atoms with Gasteiger partial charge in [0, 0.05) is 0 Å². The summed E-state index contributed by atoms with van der Waals surface area (Å²) in [6.45, 7) is 1.85. The van der Waals surface area contributed by atoms with Crippen molar-refractivity contribution in [1.29, 1.82) is 0 Å². The fourth-order valence-corrected chi connectivity index (χ4v) is 15.5. The Balaban J connectivity index is 2.19. The zero-order valence-electron chi connectivity index (χ0n) is 11.0. The van der Waals surface area contributed by atoms with Crippen LogP contribution in [0.4, 0.5) is 18.9 Å². The van der Waals surface area contributed by atoms with Gasteiger partial charge in [0.2, 0.25) is 0 Å². The average molecular weight is 554 g/mol. The molecule has 9 heteroatoms. The minimum atomic E-state index is -3.40. The van der Waals surface area contributed by atoms with Gasteiger partial charge in [0.1, 0.15) is 0 Å². The van der Waals surface area contributed by atoms with E-state index in [4.69, 9.17) is 0 Å². The molecule has 0 fully saturated rings. The summed E-state index contributed by atoms with van der Waals surface area (Å²) in [5.41, 5.74) is 0.617. The van der Waals surface area contributed by atoms with Gasteiger partial charge in [-0.1, -0.05) is 0 Å². The Morgan fingerprint density at radius 2 is 1.64 bits per heavy atom. The van der Waals surface area contributed by atoms with Gasteiger partial charge in [-0.25, -0.2) is 0 Å². The molecule has 0 heterocycles. The molecule has 2 rings (SSSR count). The first-order valence-electron chi connectivity index (χ1n) is 5.78. The molecule has 0 aromatic heterocycles. The van der Waals surface area contributed by atoms with Crippen molar-refractivity contribution < 1.29 is 37.4 Å². The number of aryl methyl sites for hydroxylation is 1. The summed E-state index contributed by atoms with van der Waals surface area (Å²) in [6.07, 6.45) is 0. The standard InChI is InChI=1S/C13H9F3I2NO2S/c1-8-2-4-9(5-3-8)22(20,21)18-17-19-11-7-6-10(14)12(15)13(11)16/h2-7H,1H3/q-1. The molecule has 2 aromatic rings. The SMILES string of the molecule is Cc1ccc(S(=O)(=O)[I-]I=Nc2ccc(F)c(F)c2F)cc1. The third-order valence-electron chi connectivity index (χ3n) is 2.54. The van der Waals surface area contributed by atoms with E-state index in [1.165, 1.54) is 12.1 Å². The second kappa shape index (κ2) is 7.34. The first-order chi connectivity index (χ1) is 10.3. The molecule has 0 saturated carbocycles. The normalized spacial score (nSPS) is 12.5. The molecule has 3 nitrogen and oxygen atoms in total. The second-order valence-corrected chi connectivity index (χ2v) is 20.1. The number of rotatable bonds is 4. The van der Waals surface area contributed by atoms with Crippen LogP contribution in [0.2, 0.25) is 0 Å². The van der Waals surface area contributed by atoms with Crippen LogP contribution in [0.25, 0.3) is 0 Å². The average Bonchev–Trinajstić information content (AvgIpc) is 2.48. The minimum absolute atomic E-state index is 0.214. The van der Waals surface area contributed by atoms with Crippen molar-refractivity contribution in [3.8, 4) is 0 Å². The molecule has 22 heavy (non-hydrogen) atoms. The van der Waals surface area contributed by atoms with Crippen molar-refractivity contribution in [2.45, 2.75) is 11.8 Å². The zero-order valence-corrected chi connectivity index (χ0v) is 16.2. The van der Waals surface area contributed by atoms with Crippen molar-refractivity contribution in [1.82, 2.24) is 0 Å². The van der Waals surface area contributed by atoms with Gasteiger partial charge in [0.25, 0.3) is 0 Å². The van der Waals surface area contributed by atoms with E-state index < -0.39 is 57.4 Å². The van der Waals surface area contributed by atoms with Crippen molar-refractivity contribution in [3.63, 3.8) is 0 Å². The van der Waals surface area contributed by atoms with Crippen molar-refractivity contribution in [2.75, 3.05) is 0 Å². The van der Waals surface area contributed by atoms with Gasteiger partial charge in [-0.05, 0) is 0 Å². The quantitative estimate of drug-likeness (QED) is 0.328. The van der Waals surface area contributed by atoms with Crippen LogP contribution in [0.15, 0.2) is 44.4 Å². The topological polar surface area (TPSA) is 46.5 Å². The predicted molar refractivity (Wildman–Crippen MR) is 80.8 cm³/mol. The van der Waals surface area contributed by atoms with E-state index in [9.17, 15) is 21.6 Å². The van der Waals surface area contributed by atoms with Crippen LogP contribution in [0.3, 0.4) is 0 Å². The Labute approximate surface area is 140 Å². The molecule has 0 N–H and O–H groups in total. The summed E-state index contributed by atoms with van der Waals surface area (Å²) < 4.78 is 67.3. The van der Waals surface area contributed by atoms with E-state index in [0.29, 0.717) is 0 Å². The van der Waals surface area contributed by atoms with Gasteiger partial charge in [-0.3, -0.25) is 0 Å². The van der Waals surface area contributed by atoms with Crippen LogP contribution >= 0.6 is 17.1 Å². The molecule has 0 bridgehead atoms. The molecule has 2 aromatic carbocycles. The van der Waals surface area contributed by atoms with E-state index in [0.717, 1.165) is 17.7 Å². The van der Waals surface area contributed by atoms with Gasteiger partial charge in [-0.15, -0.1) is 0 Å². The number of hydrogen-bond donors (Lipinski definition) is 0. The number of hydrogen-bond acceptors (Lipinski definition) is 3. The molecule has 0 aliphatic carbocycles. The Morgan fingerprint density at radius 3 is 2.27 bits per heavy atom. The van der Waals surface area contributed by atoms with E-state index in [1.54, 1.807) is 12.1 Å². The molecule has 120 valence electrons. The predicted octanol–water partition coefficient (Wildman–Crippen LogP) is 1.59. The molecule has 0 aliphatic heterocycles. The molecule has 0 spiro atoms. The van der Waals surface area contributed by atoms with Crippen molar-refractivity contribution >= 4 is 29.8 Å². The molecule has 0 radical (unpaired) electrons. The number of halogens is 5. The van der Waals surface area contributed by atoms with Crippen LogP contribution in [-0.2, 0) is 7.01 Å². The second-order valence-electron chi connectivity index (χ2n) is 4.15. The monoisotopic (exact) mass is 554 g/mol. The molecular formula is C13H9F3I2NO2S-. The van der Waals surface area contributed by atoms with Crippen LogP contribution in [0.1, 0.15) is 5.56 Å². The fraction of sp³-hybridized carbons (Fsp3) is 0.0769. The first-order valence-corrected chi connectivity index (χ1v) is 17.1. The van der Waals surface area contributed by atoms with Crippen LogP contribution in [0, 0.1) is 24.4 Å². The van der Waals surface area contributed by atoms with Crippen LogP contribution in [-0.4, -0.2) is 8.42 Å². The van der Waals surface area contributed by atoms with Crippen molar-refractivity contribution in [2.24, 2.45) is 3.15 Å². The van der Waals surface area contributed by atoms with E-state index in [1.807, 2.05) is 6.92 Å². The van der Waals surface area contributed by atoms with Gasteiger partial charge < -0.3 is 0 Å². The Hall–Kier alpha value is -0.560. The molecule has 0 unspecified atom stereocenters. The summed E-state index contributed by atoms with van der Waals surface area (Å²) in [6, 6.07) is 8.21. The first kappa shape index (κ1) is 17.8. The molecule has 0 aliphatic rings. The third kappa shape index (κ3) is 4.25. The Kier molecular flexibility index (Phi) is 5.94. The summed E-state index contributed by atoms with van der Waals surface area (Å²) >= 11 is -2.53. The van der Waals surface area contributed by atoms with Gasteiger partial charge in [0.05, 0.1) is 0 Å². The summed E-state index contributed by atoms with van der Waals surface area (Å²) in [4.78, 5) is 0.214. The molecule has 0 saturated heterocycles. The molecular weight excluding hydrogens is 545 g/mol. The summed E-state index contributed by atoms with van der Waals surface area (Å²) in [5.74, 6) is -4.27. The molecule has 0 atom stereocenters. The van der Waals surface area contributed by atoms with Gasteiger partial charge in [0.15, 0.2) is 0 Å². The maximum absolute atomic E-state index is 13.4. The maximum atomic E-state index is 13.4. The van der Waals surface area contributed by atoms with E-state index in [-0.39, 0.29) is 10.6 Å². The fourth-order valence-electron chi connectivity index (χ4n) is 1.40. The molecule has 0 amide bonds. The van der Waals surface area contributed by atoms with Gasteiger partial charge in [-0.2, -0.15) is 0 Å². The Bertz CT molecular complexity index is 824. The third-order valence-corrected chi connectivity index (χ3v) is 20.6. The number of nitrogens with zero attached hydrogens (tertiary/aromatic N) is 1. The number of benzene rings is 2. The zero-order chi connectivity index (χ0) is 16.3. The van der Waals surface area contributed by atoms with E-state index in [2.05, 4.69) is 3.15 Å². The van der Waals surface area contributed by atoms with E-state index >= 15 is 0 Å². The van der Waals surface area contributed by atoms with Crippen LogP contribution in [0.5, 0.6) is 0 Å². The van der Waals surface area contributed by atoms with Gasteiger partial charge >= 0.3 is 142 Å². The Morgan fingerprint density at radius 1 is 1.00 bits per heavy atom.